The zero-order chi connectivity index (χ0) is 12.9. The van der Waals surface area contributed by atoms with Gasteiger partial charge in [0.25, 0.3) is 0 Å². The van der Waals surface area contributed by atoms with Gasteiger partial charge < -0.3 is 5.73 Å². The van der Waals surface area contributed by atoms with Crippen LogP contribution in [0.25, 0.3) is 0 Å². The van der Waals surface area contributed by atoms with Crippen molar-refractivity contribution in [3.05, 3.63) is 11.6 Å². The fraction of sp³-hybridized carbons (Fsp3) is 0.875. The van der Waals surface area contributed by atoms with Crippen molar-refractivity contribution in [3.63, 3.8) is 0 Å². The highest BCUT2D eigenvalue weighted by molar-refractivity contribution is 4.99. The summed E-state index contributed by atoms with van der Waals surface area (Å²) in [5, 5.41) is 0. The molecule has 0 fully saturated rings. The zero-order valence-electron chi connectivity index (χ0n) is 12.3. The van der Waals surface area contributed by atoms with E-state index in [-0.39, 0.29) is 6.04 Å². The molecule has 2 N–H and O–H groups in total. The Labute approximate surface area is 109 Å². The molecule has 0 aliphatic rings. The second kappa shape index (κ2) is 12.2. The van der Waals surface area contributed by atoms with Gasteiger partial charge in [-0.3, -0.25) is 0 Å². The van der Waals surface area contributed by atoms with Crippen molar-refractivity contribution in [1.29, 1.82) is 0 Å². The van der Waals surface area contributed by atoms with Gasteiger partial charge in [-0.2, -0.15) is 0 Å². The molecule has 1 atom stereocenters. The summed E-state index contributed by atoms with van der Waals surface area (Å²) in [4.78, 5) is 0. The number of allylic oxidation sites excluding steroid dienone is 1. The van der Waals surface area contributed by atoms with Crippen LogP contribution >= 0.6 is 0 Å². The summed E-state index contributed by atoms with van der Waals surface area (Å²) in [6, 6.07) is 0.282. The van der Waals surface area contributed by atoms with Gasteiger partial charge in [-0.25, -0.2) is 0 Å². The molecule has 0 aliphatic heterocycles. The first kappa shape index (κ1) is 16.7. The van der Waals surface area contributed by atoms with E-state index in [1.54, 1.807) is 0 Å². The number of rotatable bonds is 11. The van der Waals surface area contributed by atoms with Crippen LogP contribution in [0.3, 0.4) is 0 Å². The van der Waals surface area contributed by atoms with Crippen molar-refractivity contribution in [2.75, 3.05) is 0 Å². The van der Waals surface area contributed by atoms with Crippen LogP contribution < -0.4 is 5.73 Å². The van der Waals surface area contributed by atoms with Crippen molar-refractivity contribution in [2.45, 2.75) is 91.0 Å². The highest BCUT2D eigenvalue weighted by atomic mass is 14.6. The van der Waals surface area contributed by atoms with Gasteiger partial charge in [0.1, 0.15) is 0 Å². The molecular weight excluding hydrogens is 206 g/mol. The van der Waals surface area contributed by atoms with Gasteiger partial charge in [0.2, 0.25) is 0 Å². The first-order valence-corrected chi connectivity index (χ1v) is 7.57. The third kappa shape index (κ3) is 13.6. The van der Waals surface area contributed by atoms with Gasteiger partial charge in [-0.15, -0.1) is 0 Å². The van der Waals surface area contributed by atoms with Gasteiger partial charge in [-0.1, -0.05) is 76.4 Å². The van der Waals surface area contributed by atoms with Crippen molar-refractivity contribution in [3.8, 4) is 0 Å². The SMILES string of the molecule is CCCCCCCCCCCC(N)C=C(C)C. The minimum Gasteiger partial charge on any atom is -0.324 e. The minimum atomic E-state index is 0.282. The Morgan fingerprint density at radius 3 is 1.82 bits per heavy atom. The molecule has 0 heterocycles. The van der Waals surface area contributed by atoms with E-state index in [0.29, 0.717) is 0 Å². The summed E-state index contributed by atoms with van der Waals surface area (Å²) in [5.41, 5.74) is 7.34. The van der Waals surface area contributed by atoms with E-state index in [1.807, 2.05) is 0 Å². The van der Waals surface area contributed by atoms with Crippen LogP contribution in [0.4, 0.5) is 0 Å². The third-order valence-corrected chi connectivity index (χ3v) is 3.19. The monoisotopic (exact) mass is 239 g/mol. The largest absolute Gasteiger partial charge is 0.324 e. The maximum atomic E-state index is 5.99. The molecule has 1 heteroatoms. The summed E-state index contributed by atoms with van der Waals surface area (Å²) >= 11 is 0. The quantitative estimate of drug-likeness (QED) is 0.389. The number of unbranched alkanes of at least 4 members (excludes halogenated alkanes) is 8. The molecule has 17 heavy (non-hydrogen) atoms. The summed E-state index contributed by atoms with van der Waals surface area (Å²) in [6.45, 7) is 6.52. The molecule has 0 amide bonds. The maximum Gasteiger partial charge on any atom is 0.0226 e. The Morgan fingerprint density at radius 2 is 1.35 bits per heavy atom. The number of nitrogens with two attached hydrogens (primary N) is 1. The molecule has 1 unspecified atom stereocenters. The molecule has 0 saturated carbocycles. The molecule has 0 spiro atoms. The van der Waals surface area contributed by atoms with Crippen LogP contribution in [0.5, 0.6) is 0 Å². The lowest BCUT2D eigenvalue weighted by atomic mass is 10.0. The van der Waals surface area contributed by atoms with E-state index in [1.165, 1.54) is 63.4 Å². The number of hydrogen-bond acceptors (Lipinski definition) is 1. The van der Waals surface area contributed by atoms with Gasteiger partial charge in [-0.05, 0) is 20.3 Å². The lowest BCUT2D eigenvalue weighted by Crippen LogP contribution is -2.16. The molecule has 0 aliphatic carbocycles. The molecule has 0 bridgehead atoms. The molecule has 102 valence electrons. The van der Waals surface area contributed by atoms with Gasteiger partial charge in [0.05, 0.1) is 0 Å². The first-order valence-electron chi connectivity index (χ1n) is 7.57. The maximum absolute atomic E-state index is 5.99. The van der Waals surface area contributed by atoms with Gasteiger partial charge in [0.15, 0.2) is 0 Å². The van der Waals surface area contributed by atoms with E-state index < -0.39 is 0 Å². The second-order valence-corrected chi connectivity index (χ2v) is 5.52. The van der Waals surface area contributed by atoms with Crippen LogP contribution in [-0.2, 0) is 0 Å². The summed E-state index contributed by atoms with van der Waals surface area (Å²) in [7, 11) is 0. The molecular formula is C16H33N. The smallest absolute Gasteiger partial charge is 0.0226 e. The normalized spacial score (nSPS) is 12.5. The van der Waals surface area contributed by atoms with E-state index >= 15 is 0 Å². The highest BCUT2D eigenvalue weighted by Gasteiger charge is 1.98. The molecule has 1 nitrogen and oxygen atoms in total. The van der Waals surface area contributed by atoms with E-state index in [9.17, 15) is 0 Å². The Morgan fingerprint density at radius 1 is 0.882 bits per heavy atom. The predicted molar refractivity (Wildman–Crippen MR) is 79.3 cm³/mol. The topological polar surface area (TPSA) is 26.0 Å². The molecule has 0 radical (unpaired) electrons. The predicted octanol–water partition coefficient (Wildman–Crippen LogP) is 5.20. The summed E-state index contributed by atoms with van der Waals surface area (Å²) in [6.07, 6.45) is 15.9. The third-order valence-electron chi connectivity index (χ3n) is 3.19. The summed E-state index contributed by atoms with van der Waals surface area (Å²) in [5.74, 6) is 0. The van der Waals surface area contributed by atoms with Crippen molar-refractivity contribution in [2.24, 2.45) is 5.73 Å². The van der Waals surface area contributed by atoms with Crippen molar-refractivity contribution < 1.29 is 0 Å². The van der Waals surface area contributed by atoms with Crippen molar-refractivity contribution in [1.82, 2.24) is 0 Å². The van der Waals surface area contributed by atoms with Crippen LogP contribution in [0.15, 0.2) is 11.6 Å². The van der Waals surface area contributed by atoms with Crippen LogP contribution in [0, 0.1) is 0 Å². The Kier molecular flexibility index (Phi) is 12.0. The molecule has 0 aromatic heterocycles. The molecule has 0 aromatic rings. The number of hydrogen-bond donors (Lipinski definition) is 1. The highest BCUT2D eigenvalue weighted by Crippen LogP contribution is 2.11. The van der Waals surface area contributed by atoms with Crippen LogP contribution in [-0.4, -0.2) is 6.04 Å². The van der Waals surface area contributed by atoms with Gasteiger partial charge in [0, 0.05) is 6.04 Å². The second-order valence-electron chi connectivity index (χ2n) is 5.52. The minimum absolute atomic E-state index is 0.282. The fourth-order valence-corrected chi connectivity index (χ4v) is 2.20. The Bertz CT molecular complexity index is 180. The van der Waals surface area contributed by atoms with E-state index in [0.717, 1.165) is 6.42 Å². The average molecular weight is 239 g/mol. The van der Waals surface area contributed by atoms with Crippen LogP contribution in [0.1, 0.15) is 85.0 Å². The van der Waals surface area contributed by atoms with Crippen LogP contribution in [0.2, 0.25) is 0 Å². The lowest BCUT2D eigenvalue weighted by molar-refractivity contribution is 0.546. The van der Waals surface area contributed by atoms with E-state index in [4.69, 9.17) is 5.73 Å². The zero-order valence-corrected chi connectivity index (χ0v) is 12.3. The molecule has 0 rings (SSSR count). The average Bonchev–Trinajstić information content (AvgIpc) is 2.26. The molecule has 0 saturated heterocycles. The summed E-state index contributed by atoms with van der Waals surface area (Å²) < 4.78 is 0. The standard InChI is InChI=1S/C16H33N/c1-4-5-6-7-8-9-10-11-12-13-16(17)14-15(2)3/h14,16H,4-13,17H2,1-3H3. The lowest BCUT2D eigenvalue weighted by Gasteiger charge is -2.07. The van der Waals surface area contributed by atoms with Crippen molar-refractivity contribution >= 4 is 0 Å². The Hall–Kier alpha value is -0.300. The van der Waals surface area contributed by atoms with E-state index in [2.05, 4.69) is 26.8 Å². The van der Waals surface area contributed by atoms with Gasteiger partial charge >= 0.3 is 0 Å². The Balaban J connectivity index is 3.16. The first-order chi connectivity index (χ1) is 8.16. The molecule has 0 aromatic carbocycles. The fourth-order valence-electron chi connectivity index (χ4n) is 2.20.